The molecule has 0 aliphatic carbocycles. The molecule has 0 aliphatic heterocycles. The van der Waals surface area contributed by atoms with Gasteiger partial charge in [0.05, 0.1) is 10.5 Å². The van der Waals surface area contributed by atoms with Crippen LogP contribution in [0.15, 0.2) is 18.2 Å². The molecule has 0 aromatic heterocycles. The first kappa shape index (κ1) is 10.5. The van der Waals surface area contributed by atoms with E-state index in [9.17, 15) is 20.0 Å². The van der Waals surface area contributed by atoms with Crippen molar-refractivity contribution in [2.75, 3.05) is 0 Å². The number of nitrogens with two attached hydrogens (primary N) is 1. The van der Waals surface area contributed by atoms with Crippen molar-refractivity contribution in [3.63, 3.8) is 0 Å². The van der Waals surface area contributed by atoms with Gasteiger partial charge in [-0.05, 0) is 6.07 Å². The fourth-order valence-corrected chi connectivity index (χ4v) is 0.867. The van der Waals surface area contributed by atoms with Crippen LogP contribution in [0, 0.1) is 22.0 Å². The highest BCUT2D eigenvalue weighted by atomic mass is 16.6. The number of benzene rings is 1. The van der Waals surface area contributed by atoms with Gasteiger partial charge >= 0.3 is 0 Å². The van der Waals surface area contributed by atoms with Gasteiger partial charge in [-0.25, -0.2) is 0 Å². The first-order chi connectivity index (χ1) is 7.00. The van der Waals surface area contributed by atoms with Crippen LogP contribution in [0.2, 0.25) is 0 Å². The summed E-state index contributed by atoms with van der Waals surface area (Å²) in [4.78, 5) is 20.1. The smallest absolute Gasteiger partial charge is 0.293 e. The highest BCUT2D eigenvalue weighted by molar-refractivity contribution is 5.92. The maximum absolute atomic E-state index is 10.4. The molecule has 76 valence electrons. The SMILES string of the molecule is NC(=O)C#Cc1cc([N+](=O)[O-])ccc1O. The lowest BCUT2D eigenvalue weighted by atomic mass is 10.2. The Kier molecular flexibility index (Phi) is 2.88. The summed E-state index contributed by atoms with van der Waals surface area (Å²) >= 11 is 0. The van der Waals surface area contributed by atoms with Crippen molar-refractivity contribution < 1.29 is 14.8 Å². The summed E-state index contributed by atoms with van der Waals surface area (Å²) in [6.07, 6.45) is 0. The topological polar surface area (TPSA) is 106 Å². The van der Waals surface area contributed by atoms with Gasteiger partial charge in [0.1, 0.15) is 5.75 Å². The third-order valence-corrected chi connectivity index (χ3v) is 1.51. The van der Waals surface area contributed by atoms with Gasteiger partial charge in [0, 0.05) is 18.1 Å². The zero-order valence-corrected chi connectivity index (χ0v) is 7.43. The second-order valence-electron chi connectivity index (χ2n) is 2.57. The lowest BCUT2D eigenvalue weighted by Gasteiger charge is -1.95. The number of nitro groups is 1. The fourth-order valence-electron chi connectivity index (χ4n) is 0.867. The van der Waals surface area contributed by atoms with E-state index in [4.69, 9.17) is 5.73 Å². The Morgan fingerprint density at radius 1 is 1.53 bits per heavy atom. The van der Waals surface area contributed by atoms with E-state index >= 15 is 0 Å². The molecule has 1 aromatic rings. The van der Waals surface area contributed by atoms with Crippen LogP contribution < -0.4 is 5.73 Å². The van der Waals surface area contributed by atoms with Gasteiger partial charge < -0.3 is 10.8 Å². The van der Waals surface area contributed by atoms with Crippen molar-refractivity contribution in [2.45, 2.75) is 0 Å². The molecule has 6 heteroatoms. The minimum absolute atomic E-state index is 0.0111. The van der Waals surface area contributed by atoms with Gasteiger partial charge in [-0.3, -0.25) is 14.9 Å². The number of aromatic hydroxyl groups is 1. The largest absolute Gasteiger partial charge is 0.507 e. The van der Waals surface area contributed by atoms with Gasteiger partial charge in [0.25, 0.3) is 11.6 Å². The number of non-ortho nitro benzene ring substituents is 1. The maximum Gasteiger partial charge on any atom is 0.293 e. The van der Waals surface area contributed by atoms with Gasteiger partial charge in [-0.15, -0.1) is 0 Å². The number of phenols is 1. The molecule has 0 fully saturated rings. The molecule has 0 saturated carbocycles. The number of nitrogens with zero attached hydrogens (tertiary/aromatic N) is 1. The van der Waals surface area contributed by atoms with Crippen molar-refractivity contribution in [1.82, 2.24) is 0 Å². The second kappa shape index (κ2) is 4.11. The Balaban J connectivity index is 3.18. The molecule has 0 spiro atoms. The van der Waals surface area contributed by atoms with Crippen molar-refractivity contribution in [3.05, 3.63) is 33.9 Å². The van der Waals surface area contributed by atoms with Crippen LogP contribution in [0.3, 0.4) is 0 Å². The average Bonchev–Trinajstić information content (AvgIpc) is 2.16. The van der Waals surface area contributed by atoms with E-state index in [1.165, 1.54) is 0 Å². The van der Waals surface area contributed by atoms with Crippen LogP contribution >= 0.6 is 0 Å². The summed E-state index contributed by atoms with van der Waals surface area (Å²) < 4.78 is 0. The second-order valence-corrected chi connectivity index (χ2v) is 2.57. The molecule has 6 nitrogen and oxygen atoms in total. The molecule has 0 atom stereocenters. The lowest BCUT2D eigenvalue weighted by molar-refractivity contribution is -0.384. The number of amides is 1. The molecule has 0 bridgehead atoms. The molecule has 15 heavy (non-hydrogen) atoms. The van der Waals surface area contributed by atoms with Crippen LogP contribution in [0.25, 0.3) is 0 Å². The fraction of sp³-hybridized carbons (Fsp3) is 0. The third-order valence-electron chi connectivity index (χ3n) is 1.51. The minimum Gasteiger partial charge on any atom is -0.507 e. The Hall–Kier alpha value is -2.55. The molecular weight excluding hydrogens is 200 g/mol. The van der Waals surface area contributed by atoms with Crippen molar-refractivity contribution in [1.29, 1.82) is 0 Å². The highest BCUT2D eigenvalue weighted by Gasteiger charge is 2.08. The van der Waals surface area contributed by atoms with E-state index in [2.05, 4.69) is 5.92 Å². The summed E-state index contributed by atoms with van der Waals surface area (Å²) in [5.41, 5.74) is 4.53. The van der Waals surface area contributed by atoms with Crippen LogP contribution in [0.5, 0.6) is 5.75 Å². The molecule has 3 N–H and O–H groups in total. The standard InChI is InChI=1S/C9H6N2O4/c10-9(13)4-1-6-5-7(11(14)15)2-3-8(6)12/h2-3,5,12H,(H2,10,13). The monoisotopic (exact) mass is 206 g/mol. The Bertz CT molecular complexity index is 485. The molecule has 0 saturated heterocycles. The summed E-state index contributed by atoms with van der Waals surface area (Å²) in [5.74, 6) is 3.09. The zero-order chi connectivity index (χ0) is 11.4. The minimum atomic E-state index is -0.874. The predicted molar refractivity (Wildman–Crippen MR) is 50.8 cm³/mol. The number of hydrogen-bond acceptors (Lipinski definition) is 4. The first-order valence-corrected chi connectivity index (χ1v) is 3.79. The summed E-state index contributed by atoms with van der Waals surface area (Å²) in [5, 5.41) is 19.6. The van der Waals surface area contributed by atoms with Crippen molar-refractivity contribution in [3.8, 4) is 17.6 Å². The van der Waals surface area contributed by atoms with Crippen LogP contribution in [-0.2, 0) is 4.79 Å². The van der Waals surface area contributed by atoms with Crippen LogP contribution in [0.1, 0.15) is 5.56 Å². The summed E-state index contributed by atoms with van der Waals surface area (Å²) in [6.45, 7) is 0. The number of primary amides is 1. The molecule has 1 aromatic carbocycles. The van der Waals surface area contributed by atoms with Crippen molar-refractivity contribution in [2.24, 2.45) is 5.73 Å². The highest BCUT2D eigenvalue weighted by Crippen LogP contribution is 2.21. The lowest BCUT2D eigenvalue weighted by Crippen LogP contribution is -2.06. The number of phenolic OH excluding ortho intramolecular Hbond substituents is 1. The molecule has 0 aliphatic rings. The number of hydrogen-bond donors (Lipinski definition) is 2. The Morgan fingerprint density at radius 2 is 2.20 bits per heavy atom. The molecular formula is C9H6N2O4. The normalized spacial score (nSPS) is 8.80. The average molecular weight is 206 g/mol. The number of carbonyl (C=O) groups is 1. The maximum atomic E-state index is 10.4. The number of rotatable bonds is 1. The first-order valence-electron chi connectivity index (χ1n) is 3.79. The van der Waals surface area contributed by atoms with Gasteiger partial charge in [-0.1, -0.05) is 5.92 Å². The van der Waals surface area contributed by atoms with E-state index in [-0.39, 0.29) is 17.0 Å². The van der Waals surface area contributed by atoms with Gasteiger partial charge in [-0.2, -0.15) is 0 Å². The van der Waals surface area contributed by atoms with Gasteiger partial charge in [0.15, 0.2) is 0 Å². The zero-order valence-electron chi connectivity index (χ0n) is 7.43. The third kappa shape index (κ3) is 2.70. The molecule has 0 unspecified atom stereocenters. The Labute approximate surface area is 84.5 Å². The van der Waals surface area contributed by atoms with E-state index in [0.29, 0.717) is 0 Å². The van der Waals surface area contributed by atoms with E-state index in [1.807, 2.05) is 5.92 Å². The molecule has 0 radical (unpaired) electrons. The van der Waals surface area contributed by atoms with Gasteiger partial charge in [0.2, 0.25) is 0 Å². The number of carbonyl (C=O) groups excluding carboxylic acids is 1. The van der Waals surface area contributed by atoms with Crippen LogP contribution in [0.4, 0.5) is 5.69 Å². The predicted octanol–water partition coefficient (Wildman–Crippen LogP) is 0.137. The van der Waals surface area contributed by atoms with Crippen molar-refractivity contribution >= 4 is 11.6 Å². The quantitative estimate of drug-likeness (QED) is 0.387. The van der Waals surface area contributed by atoms with Crippen LogP contribution in [-0.4, -0.2) is 15.9 Å². The van der Waals surface area contributed by atoms with E-state index in [0.717, 1.165) is 18.2 Å². The molecule has 1 amide bonds. The summed E-state index contributed by atoms with van der Waals surface area (Å²) in [6, 6.07) is 3.32. The summed E-state index contributed by atoms with van der Waals surface area (Å²) in [7, 11) is 0. The molecule has 1 rings (SSSR count). The van der Waals surface area contributed by atoms with E-state index < -0.39 is 10.8 Å². The van der Waals surface area contributed by atoms with E-state index in [1.54, 1.807) is 0 Å². The Morgan fingerprint density at radius 3 is 2.73 bits per heavy atom. The molecule has 0 heterocycles. The number of nitro benzene ring substituents is 1.